The third-order valence-electron chi connectivity index (χ3n) is 12.0. The zero-order chi connectivity index (χ0) is 34.7. The monoisotopic (exact) mass is 679 g/mol. The molecule has 4 fully saturated rings. The molecule has 0 spiro atoms. The fraction of sp³-hybridized carbons (Fsp3) is 0.475. The number of halogens is 3. The number of nitrogen functional groups attached to an aromatic ring is 1. The van der Waals surface area contributed by atoms with Gasteiger partial charge in [0.05, 0.1) is 16.6 Å². The lowest BCUT2D eigenvalue weighted by Gasteiger charge is -2.41. The van der Waals surface area contributed by atoms with E-state index in [0.29, 0.717) is 65.0 Å². The van der Waals surface area contributed by atoms with Crippen LogP contribution in [0.3, 0.4) is 0 Å². The molecule has 2 N–H and O–H groups in total. The number of anilines is 2. The normalized spacial score (nSPS) is 22.0. The molecule has 4 aromatic rings. The molecule has 5 heterocycles. The summed E-state index contributed by atoms with van der Waals surface area (Å²) in [5.74, 6) is 2.60. The van der Waals surface area contributed by atoms with Gasteiger partial charge in [0.15, 0.2) is 5.82 Å². The SMILES string of the molecule is C#Cc1c(F)ccc2cc(C)cc(-c3c(N)c(C=NC)c4c(N5CC6CCC(C5)N6CCF)nc(CCC56CCCN5CCC6)nc4c3F)c12. The van der Waals surface area contributed by atoms with E-state index in [4.69, 9.17) is 22.1 Å². The summed E-state index contributed by atoms with van der Waals surface area (Å²) in [5, 5.41) is 1.64. The van der Waals surface area contributed by atoms with Crippen LogP contribution in [-0.4, -0.2) is 90.1 Å². The fourth-order valence-electron chi connectivity index (χ4n) is 9.81. The number of piperazine rings is 1. The van der Waals surface area contributed by atoms with Crippen molar-refractivity contribution in [2.24, 2.45) is 4.99 Å². The number of nitrogens with zero attached hydrogens (tertiary/aromatic N) is 6. The van der Waals surface area contributed by atoms with E-state index in [-0.39, 0.29) is 46.6 Å². The Bertz CT molecular complexity index is 2050. The number of aliphatic imine (C=N–C) groups is 1. The highest BCUT2D eigenvalue weighted by Gasteiger charge is 2.44. The van der Waals surface area contributed by atoms with Gasteiger partial charge in [-0.3, -0.25) is 14.8 Å². The topological polar surface area (TPSA) is 73.9 Å². The molecule has 3 aromatic carbocycles. The van der Waals surface area contributed by atoms with Crippen LogP contribution in [0.2, 0.25) is 0 Å². The van der Waals surface area contributed by atoms with Crippen molar-refractivity contribution in [2.45, 2.75) is 75.9 Å². The Labute approximate surface area is 291 Å². The molecule has 1 aromatic heterocycles. The molecule has 4 aliphatic rings. The number of hydrogen-bond donors (Lipinski definition) is 1. The number of nitrogens with two attached hydrogens (primary N) is 1. The number of terminal acetylenes is 1. The number of alkyl halides is 1. The number of aromatic nitrogens is 2. The van der Waals surface area contributed by atoms with Crippen molar-refractivity contribution >= 4 is 39.4 Å². The van der Waals surface area contributed by atoms with Gasteiger partial charge < -0.3 is 10.6 Å². The Morgan fingerprint density at radius 3 is 2.50 bits per heavy atom. The van der Waals surface area contributed by atoms with Gasteiger partial charge >= 0.3 is 0 Å². The first-order valence-corrected chi connectivity index (χ1v) is 18.0. The molecule has 2 unspecified atom stereocenters. The molecule has 0 amide bonds. The van der Waals surface area contributed by atoms with Crippen LogP contribution in [-0.2, 0) is 6.42 Å². The van der Waals surface area contributed by atoms with E-state index < -0.39 is 11.6 Å². The highest BCUT2D eigenvalue weighted by Crippen LogP contribution is 2.46. The van der Waals surface area contributed by atoms with E-state index in [9.17, 15) is 4.39 Å². The van der Waals surface area contributed by atoms with Crippen LogP contribution in [0.5, 0.6) is 0 Å². The van der Waals surface area contributed by atoms with Crippen molar-refractivity contribution in [2.75, 3.05) is 57.1 Å². The smallest absolute Gasteiger partial charge is 0.159 e. The summed E-state index contributed by atoms with van der Waals surface area (Å²) in [6, 6.07) is 7.10. The van der Waals surface area contributed by atoms with Crippen LogP contribution in [0.15, 0.2) is 29.3 Å². The minimum atomic E-state index is -0.588. The van der Waals surface area contributed by atoms with Gasteiger partial charge in [-0.1, -0.05) is 24.1 Å². The number of aryl methyl sites for hydroxylation is 2. The van der Waals surface area contributed by atoms with E-state index in [1.54, 1.807) is 19.3 Å². The molecule has 7 nitrogen and oxygen atoms in total. The second kappa shape index (κ2) is 12.8. The van der Waals surface area contributed by atoms with Crippen molar-refractivity contribution in [1.82, 2.24) is 19.8 Å². The molecule has 10 heteroatoms. The molecule has 8 rings (SSSR count). The van der Waals surface area contributed by atoms with Crippen LogP contribution >= 0.6 is 0 Å². The highest BCUT2D eigenvalue weighted by molar-refractivity contribution is 6.15. The maximum atomic E-state index is 17.6. The Morgan fingerprint density at radius 1 is 1.08 bits per heavy atom. The van der Waals surface area contributed by atoms with Gasteiger partial charge in [0, 0.05) is 73.5 Å². The number of rotatable bonds is 8. The average Bonchev–Trinajstić information content (AvgIpc) is 3.75. The first-order valence-electron chi connectivity index (χ1n) is 18.0. The van der Waals surface area contributed by atoms with E-state index >= 15 is 8.78 Å². The lowest BCUT2D eigenvalue weighted by Crippen LogP contribution is -2.54. The summed E-state index contributed by atoms with van der Waals surface area (Å²) in [7, 11) is 1.65. The largest absolute Gasteiger partial charge is 0.398 e. The van der Waals surface area contributed by atoms with Gasteiger partial charge in [-0.2, -0.15) is 0 Å². The third kappa shape index (κ3) is 5.24. The highest BCUT2D eigenvalue weighted by atomic mass is 19.1. The van der Waals surface area contributed by atoms with Crippen LogP contribution in [0.25, 0.3) is 32.8 Å². The van der Waals surface area contributed by atoms with Crippen molar-refractivity contribution in [3.05, 3.63) is 58.4 Å². The van der Waals surface area contributed by atoms with Crippen molar-refractivity contribution in [3.8, 4) is 23.5 Å². The van der Waals surface area contributed by atoms with E-state index in [2.05, 4.69) is 25.6 Å². The van der Waals surface area contributed by atoms with Crippen molar-refractivity contribution < 1.29 is 13.2 Å². The molecular formula is C40H44F3N7. The summed E-state index contributed by atoms with van der Waals surface area (Å²) in [5.41, 5.74) is 9.46. The standard InChI is InChI=1S/C40H44F3N7/c1-4-28-31(42)10-7-25-19-24(2)20-29(33(25)28)34-36(43)38-35(30(21-45-3)37(34)44)39(48-22-26-8-9-27(23-48)50(26)18-15-41)47-32(46-38)11-14-40-12-5-16-49(40)17-6-13-40/h1,7,10,19-21,26-27H,5-6,8-9,11-18,22-23,44H2,2-3H3. The first kappa shape index (κ1) is 33.0. The molecule has 4 aliphatic heterocycles. The Kier molecular flexibility index (Phi) is 8.47. The van der Waals surface area contributed by atoms with Gasteiger partial charge in [0.2, 0.25) is 0 Å². The van der Waals surface area contributed by atoms with E-state index in [1.165, 1.54) is 18.9 Å². The molecule has 0 aliphatic carbocycles. The van der Waals surface area contributed by atoms with E-state index in [0.717, 1.165) is 50.8 Å². The number of benzene rings is 3. The molecule has 260 valence electrons. The summed E-state index contributed by atoms with van der Waals surface area (Å²) >= 11 is 0. The minimum Gasteiger partial charge on any atom is -0.398 e. The maximum absolute atomic E-state index is 17.6. The zero-order valence-electron chi connectivity index (χ0n) is 28.9. The quantitative estimate of drug-likeness (QED) is 0.125. The second-order valence-corrected chi connectivity index (χ2v) is 14.7. The van der Waals surface area contributed by atoms with Gasteiger partial charge in [0.1, 0.15) is 29.7 Å². The molecule has 2 atom stereocenters. The number of hydrogen-bond acceptors (Lipinski definition) is 7. The van der Waals surface area contributed by atoms with Crippen LogP contribution in [0.4, 0.5) is 24.7 Å². The summed E-state index contributed by atoms with van der Waals surface area (Å²) in [6.45, 7) is 5.50. The second-order valence-electron chi connectivity index (χ2n) is 14.7. The summed E-state index contributed by atoms with van der Waals surface area (Å²) in [6.07, 6.45) is 15.7. The van der Waals surface area contributed by atoms with Crippen LogP contribution < -0.4 is 10.6 Å². The van der Waals surface area contributed by atoms with Crippen molar-refractivity contribution in [3.63, 3.8) is 0 Å². The van der Waals surface area contributed by atoms with Crippen LogP contribution in [0.1, 0.15) is 67.5 Å². The molecular weight excluding hydrogens is 635 g/mol. The maximum Gasteiger partial charge on any atom is 0.159 e. The number of fused-ring (bicyclic) bond motifs is 5. The molecule has 2 bridgehead atoms. The average molecular weight is 680 g/mol. The van der Waals surface area contributed by atoms with Gasteiger partial charge in [0.25, 0.3) is 0 Å². The van der Waals surface area contributed by atoms with Gasteiger partial charge in [-0.15, -0.1) is 6.42 Å². The Balaban J connectivity index is 1.36. The lowest BCUT2D eigenvalue weighted by atomic mass is 9.88. The lowest BCUT2D eigenvalue weighted by molar-refractivity contribution is 0.156. The van der Waals surface area contributed by atoms with Crippen molar-refractivity contribution in [1.29, 1.82) is 0 Å². The van der Waals surface area contributed by atoms with Crippen LogP contribution in [0, 0.1) is 30.9 Å². The van der Waals surface area contributed by atoms with E-state index in [1.807, 2.05) is 19.1 Å². The molecule has 50 heavy (non-hydrogen) atoms. The third-order valence-corrected chi connectivity index (χ3v) is 12.0. The molecule has 0 saturated carbocycles. The van der Waals surface area contributed by atoms with Gasteiger partial charge in [-0.25, -0.2) is 23.1 Å². The minimum absolute atomic E-state index is 0.0599. The predicted molar refractivity (Wildman–Crippen MR) is 196 cm³/mol. The zero-order valence-corrected chi connectivity index (χ0v) is 28.9. The summed E-state index contributed by atoms with van der Waals surface area (Å²) in [4.78, 5) is 21.8. The summed E-state index contributed by atoms with van der Waals surface area (Å²) < 4.78 is 46.3. The van der Waals surface area contributed by atoms with Gasteiger partial charge in [-0.05, 0) is 87.5 Å². The molecule has 0 radical (unpaired) electrons. The first-order chi connectivity index (χ1) is 24.3. The Hall–Kier alpha value is -4.20. The molecule has 4 saturated heterocycles. The Morgan fingerprint density at radius 2 is 1.82 bits per heavy atom. The fourth-order valence-corrected chi connectivity index (χ4v) is 9.81. The predicted octanol–water partition coefficient (Wildman–Crippen LogP) is 6.83.